The monoisotopic (exact) mass is 518 g/mol. The van der Waals surface area contributed by atoms with Crippen LogP contribution in [0.2, 0.25) is 0 Å². The van der Waals surface area contributed by atoms with Crippen molar-refractivity contribution in [2.45, 2.75) is 27.2 Å². The van der Waals surface area contributed by atoms with E-state index in [9.17, 15) is 4.39 Å². The fraction of sp³-hybridized carbons (Fsp3) is 0.156. The Morgan fingerprint density at radius 3 is 2.62 bits per heavy atom. The quantitative estimate of drug-likeness (QED) is 0.173. The number of pyridine rings is 2. The zero-order chi connectivity index (χ0) is 27.5. The second kappa shape index (κ2) is 10.9. The fourth-order valence-corrected chi connectivity index (χ4v) is 4.70. The smallest absolute Gasteiger partial charge is 0.181 e. The zero-order valence-electron chi connectivity index (χ0n) is 22.3. The third-order valence-corrected chi connectivity index (χ3v) is 6.53. The second-order valence-corrected chi connectivity index (χ2v) is 9.91. The van der Waals surface area contributed by atoms with Crippen molar-refractivity contribution in [3.8, 4) is 22.5 Å². The van der Waals surface area contributed by atoms with Crippen molar-refractivity contribution >= 4 is 27.5 Å². The number of hydrogen-bond acceptors (Lipinski definition) is 4. The largest absolute Gasteiger partial charge is 0.359 e. The van der Waals surface area contributed by atoms with Gasteiger partial charge >= 0.3 is 0 Å². The van der Waals surface area contributed by atoms with Crippen LogP contribution in [0.3, 0.4) is 0 Å². The van der Waals surface area contributed by atoms with Gasteiger partial charge < -0.3 is 10.3 Å². The van der Waals surface area contributed by atoms with Gasteiger partial charge in [-0.1, -0.05) is 45.2 Å². The van der Waals surface area contributed by atoms with Crippen LogP contribution in [0.25, 0.3) is 50.0 Å². The van der Waals surface area contributed by atoms with E-state index in [1.54, 1.807) is 30.6 Å². The van der Waals surface area contributed by atoms with Gasteiger partial charge in [0.25, 0.3) is 0 Å². The molecule has 39 heavy (non-hydrogen) atoms. The summed E-state index contributed by atoms with van der Waals surface area (Å²) in [4.78, 5) is 12.5. The molecule has 5 aromatic rings. The molecule has 1 aromatic carbocycles. The van der Waals surface area contributed by atoms with Crippen LogP contribution in [0.4, 0.5) is 4.39 Å². The summed E-state index contributed by atoms with van der Waals surface area (Å²) in [7, 11) is 0. The average Bonchev–Trinajstić information content (AvgIpc) is 3.54. The lowest BCUT2D eigenvalue weighted by molar-refractivity contribution is 0.622. The fourth-order valence-electron chi connectivity index (χ4n) is 4.70. The number of aromatic nitrogens is 5. The minimum atomic E-state index is -0.271. The Morgan fingerprint density at radius 1 is 1.10 bits per heavy atom. The van der Waals surface area contributed by atoms with E-state index in [1.807, 2.05) is 25.3 Å². The summed E-state index contributed by atoms with van der Waals surface area (Å²) in [6, 6.07) is 10.6. The Hall–Kier alpha value is -4.78. The van der Waals surface area contributed by atoms with E-state index in [0.717, 1.165) is 67.8 Å². The van der Waals surface area contributed by atoms with E-state index in [4.69, 9.17) is 0 Å². The molecule has 0 radical (unpaired) electrons. The third-order valence-electron chi connectivity index (χ3n) is 6.53. The molecule has 196 valence electrons. The Morgan fingerprint density at radius 2 is 1.90 bits per heavy atom. The SMILES string of the molecule is C=C/C(=C\C(=C/C)c1cnc2n[nH]c(-c3cc4c(-c5ccc(F)cc5)cncc4[nH]3)c2c1)NC(=C)CC(C)C. The molecule has 0 saturated heterocycles. The maximum Gasteiger partial charge on any atom is 0.181 e. The Kier molecular flexibility index (Phi) is 7.23. The molecule has 0 atom stereocenters. The number of halogens is 1. The van der Waals surface area contributed by atoms with E-state index >= 15 is 0 Å². The number of nitrogens with zero attached hydrogens (tertiary/aromatic N) is 3. The van der Waals surface area contributed by atoms with Crippen molar-refractivity contribution in [1.82, 2.24) is 30.5 Å². The van der Waals surface area contributed by atoms with Crippen molar-refractivity contribution in [1.29, 1.82) is 0 Å². The Bertz CT molecular complexity index is 1730. The van der Waals surface area contributed by atoms with E-state index in [-0.39, 0.29) is 5.82 Å². The molecule has 0 unspecified atom stereocenters. The van der Waals surface area contributed by atoms with Crippen LogP contribution in [-0.2, 0) is 0 Å². The van der Waals surface area contributed by atoms with Crippen molar-refractivity contribution in [2.24, 2.45) is 5.92 Å². The van der Waals surface area contributed by atoms with Crippen molar-refractivity contribution in [3.05, 3.63) is 109 Å². The van der Waals surface area contributed by atoms with E-state index in [2.05, 4.69) is 69.6 Å². The van der Waals surface area contributed by atoms with Crippen molar-refractivity contribution in [2.75, 3.05) is 0 Å². The number of aromatic amines is 2. The van der Waals surface area contributed by atoms with Gasteiger partial charge in [-0.15, -0.1) is 0 Å². The minimum absolute atomic E-state index is 0.271. The van der Waals surface area contributed by atoms with Crippen LogP contribution < -0.4 is 5.32 Å². The molecule has 7 heteroatoms. The molecular formula is C32H31FN6. The summed E-state index contributed by atoms with van der Waals surface area (Å²) in [5.74, 6) is 0.239. The van der Waals surface area contributed by atoms with Crippen molar-refractivity contribution in [3.63, 3.8) is 0 Å². The summed E-state index contributed by atoms with van der Waals surface area (Å²) < 4.78 is 13.5. The third kappa shape index (κ3) is 5.43. The van der Waals surface area contributed by atoms with Gasteiger partial charge in [0, 0.05) is 45.7 Å². The van der Waals surface area contributed by atoms with Gasteiger partial charge in [0.2, 0.25) is 0 Å². The highest BCUT2D eigenvalue weighted by atomic mass is 19.1. The van der Waals surface area contributed by atoms with Crippen LogP contribution in [0.5, 0.6) is 0 Å². The predicted molar refractivity (Wildman–Crippen MR) is 158 cm³/mol. The van der Waals surface area contributed by atoms with Crippen LogP contribution in [-0.4, -0.2) is 25.1 Å². The standard InChI is InChI=1S/C32H31FN6/c1-6-21(13-25(7-2)36-20(5)12-19(3)4)23-14-27-31(38-39-32(27)35-16-23)29-15-26-28(17-34-18-30(26)37-29)22-8-10-24(33)11-9-22/h6-11,13-19,36-37H,2,5,12H2,1,3-4H3,(H,35,38,39)/b21-6+,25-13+. The molecule has 0 spiro atoms. The highest BCUT2D eigenvalue weighted by Crippen LogP contribution is 2.34. The molecule has 4 heterocycles. The highest BCUT2D eigenvalue weighted by molar-refractivity contribution is 6.00. The lowest BCUT2D eigenvalue weighted by Gasteiger charge is -2.13. The molecule has 0 aliphatic heterocycles. The normalized spacial score (nSPS) is 12.4. The zero-order valence-corrected chi connectivity index (χ0v) is 22.3. The van der Waals surface area contributed by atoms with Gasteiger partial charge in [-0.2, -0.15) is 5.10 Å². The summed E-state index contributed by atoms with van der Waals surface area (Å²) in [6.07, 6.45) is 12.2. The summed E-state index contributed by atoms with van der Waals surface area (Å²) in [6.45, 7) is 14.4. The number of fused-ring (bicyclic) bond motifs is 2. The number of allylic oxidation sites excluding steroid dienone is 5. The van der Waals surface area contributed by atoms with Gasteiger partial charge in [0.05, 0.1) is 23.1 Å². The number of rotatable bonds is 9. The molecule has 5 rings (SSSR count). The Labute approximate surface area is 227 Å². The van der Waals surface area contributed by atoms with Gasteiger partial charge in [-0.05, 0) is 66.8 Å². The number of benzene rings is 1. The predicted octanol–water partition coefficient (Wildman–Crippen LogP) is 7.93. The summed E-state index contributed by atoms with van der Waals surface area (Å²) in [5, 5.41) is 12.8. The lowest BCUT2D eigenvalue weighted by Crippen LogP contribution is -2.12. The molecule has 0 fully saturated rings. The van der Waals surface area contributed by atoms with Crippen LogP contribution in [0, 0.1) is 11.7 Å². The first-order chi connectivity index (χ1) is 18.9. The lowest BCUT2D eigenvalue weighted by atomic mass is 10.0. The van der Waals surface area contributed by atoms with E-state index in [1.165, 1.54) is 12.1 Å². The maximum absolute atomic E-state index is 13.5. The van der Waals surface area contributed by atoms with Crippen LogP contribution >= 0.6 is 0 Å². The first-order valence-electron chi connectivity index (χ1n) is 12.9. The maximum atomic E-state index is 13.5. The Balaban J connectivity index is 1.52. The molecular weight excluding hydrogens is 487 g/mol. The van der Waals surface area contributed by atoms with Gasteiger partial charge in [-0.3, -0.25) is 10.1 Å². The topological polar surface area (TPSA) is 82.3 Å². The van der Waals surface area contributed by atoms with Gasteiger partial charge in [0.15, 0.2) is 5.65 Å². The highest BCUT2D eigenvalue weighted by Gasteiger charge is 2.15. The number of hydrogen-bond donors (Lipinski definition) is 3. The first-order valence-corrected chi connectivity index (χ1v) is 12.9. The molecule has 4 aromatic heterocycles. The molecule has 3 N–H and O–H groups in total. The van der Waals surface area contributed by atoms with Gasteiger partial charge in [0.1, 0.15) is 5.82 Å². The molecule has 0 aliphatic carbocycles. The number of H-pyrrole nitrogens is 2. The van der Waals surface area contributed by atoms with Crippen LogP contribution in [0.1, 0.15) is 32.8 Å². The number of nitrogens with one attached hydrogen (secondary N) is 3. The minimum Gasteiger partial charge on any atom is -0.359 e. The second-order valence-electron chi connectivity index (χ2n) is 9.91. The van der Waals surface area contributed by atoms with E-state index < -0.39 is 0 Å². The molecule has 6 nitrogen and oxygen atoms in total. The summed E-state index contributed by atoms with van der Waals surface area (Å²) >= 11 is 0. The van der Waals surface area contributed by atoms with E-state index in [0.29, 0.717) is 11.6 Å². The van der Waals surface area contributed by atoms with Gasteiger partial charge in [-0.25, -0.2) is 9.37 Å². The molecule has 0 bridgehead atoms. The first kappa shape index (κ1) is 25.9. The molecule has 0 amide bonds. The molecule has 0 aliphatic rings. The molecule has 0 saturated carbocycles. The average molecular weight is 519 g/mol. The summed E-state index contributed by atoms with van der Waals surface area (Å²) in [5.41, 5.74) is 8.77. The van der Waals surface area contributed by atoms with Crippen molar-refractivity contribution < 1.29 is 4.39 Å². The van der Waals surface area contributed by atoms with Crippen LogP contribution in [0.15, 0.2) is 97.8 Å².